The Morgan fingerprint density at radius 1 is 1.10 bits per heavy atom. The minimum Gasteiger partial charge on any atom is -0.218 e. The van der Waals surface area contributed by atoms with E-state index in [1.54, 1.807) is 30.3 Å². The number of hydrogen-bond donors (Lipinski definition) is 0. The minimum atomic E-state index is -3.85. The van der Waals surface area contributed by atoms with Gasteiger partial charge >= 0.3 is 0 Å². The third-order valence-corrected chi connectivity index (χ3v) is 5.15. The summed E-state index contributed by atoms with van der Waals surface area (Å²) in [4.78, 5) is -0.274. The number of hydrogen-bond acceptors (Lipinski definition) is 3. The molecular weight excluding hydrogens is 374 g/mol. The lowest BCUT2D eigenvalue weighted by Gasteiger charge is -2.03. The van der Waals surface area contributed by atoms with Crippen LogP contribution >= 0.6 is 27.5 Å². The Labute approximate surface area is 136 Å². The van der Waals surface area contributed by atoms with E-state index < -0.39 is 9.84 Å². The standard InChI is InChI=1S/C15H9BrClNO2S/c16-12-3-1-11(2-4-12)9-15(10-18)21(19,20)14-7-5-13(17)6-8-14/h1-9H. The summed E-state index contributed by atoms with van der Waals surface area (Å²) < 4.78 is 25.7. The van der Waals surface area contributed by atoms with Gasteiger partial charge in [-0.2, -0.15) is 5.26 Å². The summed E-state index contributed by atoms with van der Waals surface area (Å²) in [5, 5.41) is 9.60. The van der Waals surface area contributed by atoms with E-state index in [0.29, 0.717) is 10.6 Å². The molecule has 6 heteroatoms. The molecule has 21 heavy (non-hydrogen) atoms. The first-order valence-corrected chi connectivity index (χ1v) is 8.47. The molecule has 0 aliphatic carbocycles. The second-order valence-corrected chi connectivity index (χ2v) is 7.40. The van der Waals surface area contributed by atoms with Crippen molar-refractivity contribution in [2.24, 2.45) is 0 Å². The van der Waals surface area contributed by atoms with Crippen molar-refractivity contribution in [3.05, 3.63) is 68.5 Å². The summed E-state index contributed by atoms with van der Waals surface area (Å²) in [5.41, 5.74) is 0.632. The number of rotatable bonds is 3. The molecule has 0 unspecified atom stereocenters. The molecule has 0 atom stereocenters. The first kappa shape index (κ1) is 15.8. The lowest BCUT2D eigenvalue weighted by molar-refractivity contribution is 0.603. The summed E-state index contributed by atoms with van der Waals surface area (Å²) in [6.45, 7) is 0. The molecule has 2 aromatic carbocycles. The Kier molecular flexibility index (Phi) is 4.84. The molecule has 0 aliphatic heterocycles. The van der Waals surface area contributed by atoms with Gasteiger partial charge in [0.05, 0.1) is 4.90 Å². The van der Waals surface area contributed by atoms with Crippen LogP contribution in [0.25, 0.3) is 6.08 Å². The molecule has 2 rings (SSSR count). The van der Waals surface area contributed by atoms with Crippen LogP contribution < -0.4 is 0 Å². The predicted molar refractivity (Wildman–Crippen MR) is 86.4 cm³/mol. The van der Waals surface area contributed by atoms with Gasteiger partial charge in [0.15, 0.2) is 0 Å². The highest BCUT2D eigenvalue weighted by Gasteiger charge is 2.20. The molecule has 0 fully saturated rings. The maximum atomic E-state index is 12.4. The van der Waals surface area contributed by atoms with Gasteiger partial charge in [0.25, 0.3) is 0 Å². The van der Waals surface area contributed by atoms with Crippen LogP contribution in [0.15, 0.2) is 62.8 Å². The smallest absolute Gasteiger partial charge is 0.216 e. The van der Waals surface area contributed by atoms with E-state index in [9.17, 15) is 8.42 Å². The maximum Gasteiger partial charge on any atom is 0.216 e. The Balaban J connectivity index is 2.47. The van der Waals surface area contributed by atoms with Crippen LogP contribution in [0.4, 0.5) is 0 Å². The Bertz CT molecular complexity index is 819. The molecule has 0 saturated heterocycles. The molecular formula is C15H9BrClNO2S. The van der Waals surface area contributed by atoms with Gasteiger partial charge in [0, 0.05) is 9.50 Å². The zero-order chi connectivity index (χ0) is 15.5. The van der Waals surface area contributed by atoms with Gasteiger partial charge in [0.2, 0.25) is 9.84 Å². The summed E-state index contributed by atoms with van der Waals surface area (Å²) in [7, 11) is -3.85. The molecule has 0 aliphatic rings. The third kappa shape index (κ3) is 3.73. The fraction of sp³-hybridized carbons (Fsp3) is 0. The Morgan fingerprint density at radius 3 is 2.19 bits per heavy atom. The molecule has 0 aromatic heterocycles. The van der Waals surface area contributed by atoms with E-state index in [2.05, 4.69) is 15.9 Å². The van der Waals surface area contributed by atoms with Crippen molar-refractivity contribution in [2.75, 3.05) is 0 Å². The summed E-state index contributed by atoms with van der Waals surface area (Å²) in [5.74, 6) is 0. The lowest BCUT2D eigenvalue weighted by atomic mass is 10.2. The normalized spacial score (nSPS) is 12.0. The fourth-order valence-electron chi connectivity index (χ4n) is 1.62. The molecule has 2 aromatic rings. The molecule has 3 nitrogen and oxygen atoms in total. The number of allylic oxidation sites excluding steroid dienone is 1. The van der Waals surface area contributed by atoms with E-state index in [4.69, 9.17) is 16.9 Å². The highest BCUT2D eigenvalue weighted by Crippen LogP contribution is 2.23. The number of nitriles is 1. The van der Waals surface area contributed by atoms with Gasteiger partial charge in [-0.15, -0.1) is 0 Å². The average molecular weight is 383 g/mol. The molecule has 106 valence electrons. The summed E-state index contributed by atoms with van der Waals surface area (Å²) in [6, 6.07) is 14.4. The van der Waals surface area contributed by atoms with E-state index in [0.717, 1.165) is 4.47 Å². The number of nitrogens with zero attached hydrogens (tertiary/aromatic N) is 1. The zero-order valence-electron chi connectivity index (χ0n) is 10.6. The van der Waals surface area contributed by atoms with E-state index in [1.807, 2.05) is 0 Å². The van der Waals surface area contributed by atoms with Crippen LogP contribution in [-0.2, 0) is 9.84 Å². The fourth-order valence-corrected chi connectivity index (χ4v) is 3.17. The monoisotopic (exact) mass is 381 g/mol. The highest BCUT2D eigenvalue weighted by atomic mass is 79.9. The van der Waals surface area contributed by atoms with Crippen LogP contribution in [0.2, 0.25) is 5.02 Å². The van der Waals surface area contributed by atoms with Gasteiger partial charge in [-0.1, -0.05) is 39.7 Å². The van der Waals surface area contributed by atoms with Gasteiger partial charge in [-0.3, -0.25) is 0 Å². The van der Waals surface area contributed by atoms with Crippen molar-refractivity contribution in [1.29, 1.82) is 5.26 Å². The Hall–Kier alpha value is -1.61. The highest BCUT2D eigenvalue weighted by molar-refractivity contribution is 9.10. The maximum absolute atomic E-state index is 12.4. The third-order valence-electron chi connectivity index (χ3n) is 2.69. The SMILES string of the molecule is N#CC(=Cc1ccc(Br)cc1)S(=O)(=O)c1ccc(Cl)cc1. The van der Waals surface area contributed by atoms with E-state index in [-0.39, 0.29) is 9.80 Å². The van der Waals surface area contributed by atoms with E-state index >= 15 is 0 Å². The molecule has 0 bridgehead atoms. The summed E-state index contributed by atoms with van der Waals surface area (Å²) >= 11 is 9.04. The van der Waals surface area contributed by atoms with Gasteiger partial charge in [-0.05, 0) is 48.0 Å². The Morgan fingerprint density at radius 2 is 1.67 bits per heavy atom. The minimum absolute atomic E-state index is 0.0387. The van der Waals surface area contributed by atoms with E-state index in [1.165, 1.54) is 30.3 Å². The van der Waals surface area contributed by atoms with Gasteiger partial charge < -0.3 is 0 Å². The lowest BCUT2D eigenvalue weighted by Crippen LogP contribution is -2.03. The first-order valence-electron chi connectivity index (χ1n) is 5.81. The van der Waals surface area contributed by atoms with Crippen molar-refractivity contribution < 1.29 is 8.42 Å². The van der Waals surface area contributed by atoms with Crippen molar-refractivity contribution in [1.82, 2.24) is 0 Å². The predicted octanol–water partition coefficient (Wildman–Crippen LogP) is 4.44. The molecule has 0 amide bonds. The molecule has 0 heterocycles. The molecule has 0 saturated carbocycles. The van der Waals surface area contributed by atoms with Crippen molar-refractivity contribution >= 4 is 43.4 Å². The second-order valence-electron chi connectivity index (χ2n) is 4.13. The second kappa shape index (κ2) is 6.44. The molecule has 0 spiro atoms. The first-order chi connectivity index (χ1) is 9.93. The quantitative estimate of drug-likeness (QED) is 0.737. The van der Waals surface area contributed by atoms with Crippen molar-refractivity contribution in [2.45, 2.75) is 4.90 Å². The average Bonchev–Trinajstić information content (AvgIpc) is 2.47. The number of benzene rings is 2. The van der Waals surface area contributed by atoms with Crippen LogP contribution in [0.5, 0.6) is 0 Å². The van der Waals surface area contributed by atoms with Crippen LogP contribution in [0.1, 0.15) is 5.56 Å². The topological polar surface area (TPSA) is 57.9 Å². The zero-order valence-corrected chi connectivity index (χ0v) is 13.8. The van der Waals surface area contributed by atoms with Crippen LogP contribution in [0, 0.1) is 11.3 Å². The largest absolute Gasteiger partial charge is 0.218 e. The number of halogens is 2. The van der Waals surface area contributed by atoms with Crippen LogP contribution in [-0.4, -0.2) is 8.42 Å². The summed E-state index contributed by atoms with van der Waals surface area (Å²) in [6.07, 6.45) is 1.34. The van der Waals surface area contributed by atoms with Crippen LogP contribution in [0.3, 0.4) is 0 Å². The van der Waals surface area contributed by atoms with Gasteiger partial charge in [-0.25, -0.2) is 8.42 Å². The van der Waals surface area contributed by atoms with Gasteiger partial charge in [0.1, 0.15) is 11.0 Å². The molecule has 0 radical (unpaired) electrons. The van der Waals surface area contributed by atoms with Crippen molar-refractivity contribution in [3.8, 4) is 6.07 Å². The molecule has 0 N–H and O–H groups in total. The van der Waals surface area contributed by atoms with Crippen molar-refractivity contribution in [3.63, 3.8) is 0 Å². The number of sulfone groups is 1.